The molecule has 3 heteroatoms. The Kier molecular flexibility index (Phi) is 4.15. The smallest absolute Gasteiger partial charge is 0.0540 e. The van der Waals surface area contributed by atoms with Gasteiger partial charge in [0.05, 0.1) is 6.20 Å². The third-order valence-corrected chi connectivity index (χ3v) is 3.56. The summed E-state index contributed by atoms with van der Waals surface area (Å²) >= 11 is 0. The Morgan fingerprint density at radius 1 is 1.28 bits per heavy atom. The van der Waals surface area contributed by atoms with Crippen LogP contribution < -0.4 is 5.32 Å². The third-order valence-electron chi connectivity index (χ3n) is 3.56. The van der Waals surface area contributed by atoms with Crippen LogP contribution >= 0.6 is 0 Å². The monoisotopic (exact) mass is 243 g/mol. The molecule has 0 aliphatic rings. The van der Waals surface area contributed by atoms with Crippen LogP contribution in [-0.4, -0.2) is 16.8 Å². The fourth-order valence-electron chi connectivity index (χ4n) is 2.27. The molecule has 0 aliphatic heterocycles. The fraction of sp³-hybridized carbons (Fsp3) is 0.400. The minimum absolute atomic E-state index is 0.374. The summed E-state index contributed by atoms with van der Waals surface area (Å²) in [4.78, 5) is 0. The van der Waals surface area contributed by atoms with Gasteiger partial charge in [0.1, 0.15) is 0 Å². The zero-order valence-corrected chi connectivity index (χ0v) is 11.4. The first kappa shape index (κ1) is 12.8. The van der Waals surface area contributed by atoms with E-state index < -0.39 is 0 Å². The highest BCUT2D eigenvalue weighted by Crippen LogP contribution is 2.21. The first-order valence-electron chi connectivity index (χ1n) is 6.42. The summed E-state index contributed by atoms with van der Waals surface area (Å²) < 4.78 is 1.93. The predicted molar refractivity (Wildman–Crippen MR) is 74.5 cm³/mol. The molecular weight excluding hydrogens is 222 g/mol. The van der Waals surface area contributed by atoms with E-state index in [4.69, 9.17) is 0 Å². The van der Waals surface area contributed by atoms with Gasteiger partial charge in [-0.2, -0.15) is 5.10 Å². The van der Waals surface area contributed by atoms with Crippen LogP contribution in [-0.2, 0) is 13.5 Å². The number of hydrogen-bond donors (Lipinski definition) is 1. The highest BCUT2D eigenvalue weighted by Gasteiger charge is 2.14. The second-order valence-corrected chi connectivity index (χ2v) is 4.67. The standard InChI is InChI=1S/C15H21N3/c1-12-14(11-17-18(12)3)15(16-2)10-9-13-7-5-4-6-8-13/h4-8,11,15-16H,9-10H2,1-3H3. The van der Waals surface area contributed by atoms with Crippen molar-refractivity contribution in [1.29, 1.82) is 0 Å². The van der Waals surface area contributed by atoms with E-state index in [2.05, 4.69) is 47.7 Å². The molecule has 1 unspecified atom stereocenters. The lowest BCUT2D eigenvalue weighted by Gasteiger charge is -2.16. The van der Waals surface area contributed by atoms with Crippen molar-refractivity contribution < 1.29 is 0 Å². The number of aromatic nitrogens is 2. The molecule has 0 bridgehead atoms. The summed E-state index contributed by atoms with van der Waals surface area (Å²) in [6, 6.07) is 11.0. The van der Waals surface area contributed by atoms with E-state index in [1.54, 1.807) is 0 Å². The number of nitrogens with one attached hydrogen (secondary N) is 1. The van der Waals surface area contributed by atoms with E-state index in [-0.39, 0.29) is 0 Å². The van der Waals surface area contributed by atoms with Gasteiger partial charge >= 0.3 is 0 Å². The second kappa shape index (κ2) is 5.83. The number of aryl methyl sites for hydroxylation is 2. The molecule has 0 spiro atoms. The lowest BCUT2D eigenvalue weighted by molar-refractivity contribution is 0.545. The van der Waals surface area contributed by atoms with Crippen molar-refractivity contribution in [1.82, 2.24) is 15.1 Å². The Hall–Kier alpha value is -1.61. The summed E-state index contributed by atoms with van der Waals surface area (Å²) in [5.41, 5.74) is 3.93. The summed E-state index contributed by atoms with van der Waals surface area (Å²) in [5.74, 6) is 0. The van der Waals surface area contributed by atoms with Gasteiger partial charge in [-0.15, -0.1) is 0 Å². The minimum atomic E-state index is 0.374. The Labute approximate surface area is 109 Å². The first-order valence-corrected chi connectivity index (χ1v) is 6.42. The molecule has 18 heavy (non-hydrogen) atoms. The molecule has 0 saturated carbocycles. The molecule has 1 N–H and O–H groups in total. The van der Waals surface area contributed by atoms with Crippen LogP contribution in [0.1, 0.15) is 29.3 Å². The molecule has 0 fully saturated rings. The van der Waals surface area contributed by atoms with Crippen molar-refractivity contribution >= 4 is 0 Å². The van der Waals surface area contributed by atoms with E-state index in [1.807, 2.05) is 25.0 Å². The maximum absolute atomic E-state index is 4.32. The molecule has 3 nitrogen and oxygen atoms in total. The summed E-state index contributed by atoms with van der Waals surface area (Å²) in [7, 11) is 4.00. The second-order valence-electron chi connectivity index (χ2n) is 4.67. The lowest BCUT2D eigenvalue weighted by Crippen LogP contribution is -2.17. The SMILES string of the molecule is CNC(CCc1ccccc1)c1cnn(C)c1C. The number of nitrogens with zero attached hydrogens (tertiary/aromatic N) is 2. The maximum Gasteiger partial charge on any atom is 0.0540 e. The van der Waals surface area contributed by atoms with Crippen LogP contribution in [0.4, 0.5) is 0 Å². The van der Waals surface area contributed by atoms with Gasteiger partial charge in [0, 0.05) is 24.3 Å². The molecule has 1 atom stereocenters. The Balaban J connectivity index is 2.04. The molecule has 0 aliphatic carbocycles. The van der Waals surface area contributed by atoms with Crippen LogP contribution in [0.5, 0.6) is 0 Å². The van der Waals surface area contributed by atoms with Crippen molar-refractivity contribution in [3.8, 4) is 0 Å². The Bertz CT molecular complexity index is 488. The summed E-state index contributed by atoms with van der Waals surface area (Å²) in [6.07, 6.45) is 4.15. The van der Waals surface area contributed by atoms with E-state index in [1.165, 1.54) is 16.8 Å². The number of rotatable bonds is 5. The van der Waals surface area contributed by atoms with E-state index in [0.29, 0.717) is 6.04 Å². The zero-order valence-electron chi connectivity index (χ0n) is 11.4. The van der Waals surface area contributed by atoms with Crippen molar-refractivity contribution in [3.63, 3.8) is 0 Å². The fourth-order valence-corrected chi connectivity index (χ4v) is 2.27. The van der Waals surface area contributed by atoms with Crippen LogP contribution in [0.25, 0.3) is 0 Å². The van der Waals surface area contributed by atoms with Crippen LogP contribution in [0, 0.1) is 6.92 Å². The van der Waals surface area contributed by atoms with Gasteiger partial charge in [0.15, 0.2) is 0 Å². The Morgan fingerprint density at radius 3 is 2.56 bits per heavy atom. The van der Waals surface area contributed by atoms with Gasteiger partial charge in [-0.05, 0) is 32.4 Å². The average molecular weight is 243 g/mol. The Morgan fingerprint density at radius 2 is 2.00 bits per heavy atom. The quantitative estimate of drug-likeness (QED) is 0.875. The van der Waals surface area contributed by atoms with Gasteiger partial charge in [0.25, 0.3) is 0 Å². The van der Waals surface area contributed by atoms with Crippen LogP contribution in [0.3, 0.4) is 0 Å². The molecule has 2 aromatic rings. The molecule has 1 heterocycles. The first-order chi connectivity index (χ1) is 8.72. The topological polar surface area (TPSA) is 29.9 Å². The molecular formula is C15H21N3. The summed E-state index contributed by atoms with van der Waals surface area (Å²) in [5, 5.41) is 7.71. The van der Waals surface area contributed by atoms with Crippen molar-refractivity contribution in [2.75, 3.05) is 7.05 Å². The largest absolute Gasteiger partial charge is 0.313 e. The molecule has 0 saturated heterocycles. The van der Waals surface area contributed by atoms with Gasteiger partial charge < -0.3 is 5.32 Å². The highest BCUT2D eigenvalue weighted by molar-refractivity contribution is 5.21. The number of benzene rings is 1. The van der Waals surface area contributed by atoms with Gasteiger partial charge in [-0.1, -0.05) is 30.3 Å². The summed E-state index contributed by atoms with van der Waals surface area (Å²) in [6.45, 7) is 2.12. The zero-order chi connectivity index (χ0) is 13.0. The third kappa shape index (κ3) is 2.79. The molecule has 0 radical (unpaired) electrons. The molecule has 1 aromatic heterocycles. The average Bonchev–Trinajstić information content (AvgIpc) is 2.73. The van der Waals surface area contributed by atoms with E-state index in [0.717, 1.165) is 12.8 Å². The normalized spacial score (nSPS) is 12.6. The van der Waals surface area contributed by atoms with Gasteiger partial charge in [-0.3, -0.25) is 4.68 Å². The van der Waals surface area contributed by atoms with Crippen LogP contribution in [0.2, 0.25) is 0 Å². The highest BCUT2D eigenvalue weighted by atomic mass is 15.3. The van der Waals surface area contributed by atoms with E-state index >= 15 is 0 Å². The minimum Gasteiger partial charge on any atom is -0.313 e. The van der Waals surface area contributed by atoms with Crippen molar-refractivity contribution in [2.24, 2.45) is 7.05 Å². The van der Waals surface area contributed by atoms with Crippen LogP contribution in [0.15, 0.2) is 36.5 Å². The predicted octanol–water partition coefficient (Wildman–Crippen LogP) is 2.62. The van der Waals surface area contributed by atoms with Crippen molar-refractivity contribution in [2.45, 2.75) is 25.8 Å². The van der Waals surface area contributed by atoms with Gasteiger partial charge in [0.2, 0.25) is 0 Å². The van der Waals surface area contributed by atoms with Gasteiger partial charge in [-0.25, -0.2) is 0 Å². The molecule has 1 aromatic carbocycles. The lowest BCUT2D eigenvalue weighted by atomic mass is 10.00. The number of hydrogen-bond acceptors (Lipinski definition) is 2. The van der Waals surface area contributed by atoms with E-state index in [9.17, 15) is 0 Å². The molecule has 2 rings (SSSR count). The van der Waals surface area contributed by atoms with Crippen molar-refractivity contribution in [3.05, 3.63) is 53.3 Å². The molecule has 0 amide bonds. The maximum atomic E-state index is 4.32. The molecule has 96 valence electrons.